The van der Waals surface area contributed by atoms with E-state index in [4.69, 9.17) is 0 Å². The first-order chi connectivity index (χ1) is 14.6. The normalized spacial score (nSPS) is 16.0. The first kappa shape index (κ1) is 20.2. The summed E-state index contributed by atoms with van der Waals surface area (Å²) in [5, 5.41) is 15.9. The molecule has 7 heteroatoms. The Kier molecular flexibility index (Phi) is 5.90. The number of thioether (sulfide) groups is 1. The maximum absolute atomic E-state index is 13.2. The van der Waals surface area contributed by atoms with E-state index < -0.39 is 6.04 Å². The molecule has 2 N–H and O–H groups in total. The third kappa shape index (κ3) is 3.98. The molecule has 1 aromatic heterocycles. The largest absolute Gasteiger partial charge is 0.506 e. The second kappa shape index (κ2) is 8.75. The van der Waals surface area contributed by atoms with Crippen molar-refractivity contribution in [1.82, 2.24) is 9.88 Å². The molecule has 2 aromatic carbocycles. The molecule has 0 radical (unpaired) electrons. The molecule has 2 heterocycles. The van der Waals surface area contributed by atoms with E-state index in [-0.39, 0.29) is 23.1 Å². The van der Waals surface area contributed by atoms with Crippen LogP contribution in [-0.2, 0) is 4.79 Å². The molecule has 30 heavy (non-hydrogen) atoms. The van der Waals surface area contributed by atoms with Gasteiger partial charge < -0.3 is 15.3 Å². The second-order valence-electron chi connectivity index (χ2n) is 7.15. The van der Waals surface area contributed by atoms with Crippen LogP contribution in [0.2, 0.25) is 0 Å². The van der Waals surface area contributed by atoms with Crippen LogP contribution in [0.1, 0.15) is 30.1 Å². The number of nitrogens with one attached hydrogen (secondary N) is 1. The molecule has 2 amide bonds. The Balaban J connectivity index is 1.52. The van der Waals surface area contributed by atoms with Crippen molar-refractivity contribution in [1.29, 1.82) is 0 Å². The van der Waals surface area contributed by atoms with Crippen molar-refractivity contribution in [3.05, 3.63) is 60.3 Å². The molecule has 1 aliphatic rings. The smallest absolute Gasteiger partial charge is 0.258 e. The number of aromatic hydroxyl groups is 1. The lowest BCUT2D eigenvalue weighted by Gasteiger charge is -2.24. The summed E-state index contributed by atoms with van der Waals surface area (Å²) in [5.41, 5.74) is 0.823. The molecule has 1 atom stereocenters. The molecule has 1 unspecified atom stereocenters. The van der Waals surface area contributed by atoms with Crippen molar-refractivity contribution in [2.75, 3.05) is 17.6 Å². The summed E-state index contributed by atoms with van der Waals surface area (Å²) in [6, 6.07) is 13.9. The SMILES string of the molecule is CCSc1ccc(NC(=O)C2CCCN2C(=O)c2ccc3ccccc3c2O)cn1. The van der Waals surface area contributed by atoms with Crippen molar-refractivity contribution in [3.63, 3.8) is 0 Å². The van der Waals surface area contributed by atoms with E-state index in [1.807, 2.05) is 36.4 Å². The number of anilines is 1. The predicted molar refractivity (Wildman–Crippen MR) is 119 cm³/mol. The van der Waals surface area contributed by atoms with Gasteiger partial charge in [0.1, 0.15) is 11.8 Å². The number of amides is 2. The van der Waals surface area contributed by atoms with Crippen LogP contribution in [0.5, 0.6) is 5.75 Å². The first-order valence-corrected chi connectivity index (χ1v) is 11.0. The number of nitrogens with zero attached hydrogens (tertiary/aromatic N) is 2. The Bertz CT molecular complexity index is 1080. The van der Waals surface area contributed by atoms with Crippen molar-refractivity contribution in [3.8, 4) is 5.75 Å². The zero-order valence-corrected chi connectivity index (χ0v) is 17.5. The number of hydrogen-bond donors (Lipinski definition) is 2. The third-order valence-corrected chi connectivity index (χ3v) is 6.07. The Hall–Kier alpha value is -3.06. The summed E-state index contributed by atoms with van der Waals surface area (Å²) in [7, 11) is 0. The maximum atomic E-state index is 13.2. The fourth-order valence-electron chi connectivity index (χ4n) is 3.78. The van der Waals surface area contributed by atoms with E-state index >= 15 is 0 Å². The highest BCUT2D eigenvalue weighted by atomic mass is 32.2. The van der Waals surface area contributed by atoms with Crippen LogP contribution in [0.15, 0.2) is 59.8 Å². The fourth-order valence-corrected chi connectivity index (χ4v) is 4.37. The number of carbonyl (C=O) groups is 2. The van der Waals surface area contributed by atoms with Crippen LogP contribution in [-0.4, -0.2) is 45.1 Å². The molecule has 0 saturated carbocycles. The number of rotatable bonds is 5. The standard InChI is InChI=1S/C23H23N3O3S/c1-2-30-20-12-10-16(14-24-20)25-22(28)19-8-5-13-26(19)23(29)18-11-9-15-6-3-4-7-17(15)21(18)27/h3-4,6-7,9-12,14,19,27H,2,5,8,13H2,1H3,(H,25,28). The van der Waals surface area contributed by atoms with Crippen LogP contribution in [0.4, 0.5) is 5.69 Å². The average molecular weight is 422 g/mol. The van der Waals surface area contributed by atoms with Gasteiger partial charge in [0.25, 0.3) is 5.91 Å². The third-order valence-electron chi connectivity index (χ3n) is 5.24. The molecule has 154 valence electrons. The van der Waals surface area contributed by atoms with Gasteiger partial charge in [-0.1, -0.05) is 37.3 Å². The molecule has 0 bridgehead atoms. The minimum atomic E-state index is -0.576. The summed E-state index contributed by atoms with van der Waals surface area (Å²) < 4.78 is 0. The number of likely N-dealkylation sites (tertiary alicyclic amines) is 1. The fraction of sp³-hybridized carbons (Fsp3) is 0.261. The van der Waals surface area contributed by atoms with Gasteiger partial charge in [-0.2, -0.15) is 0 Å². The van der Waals surface area contributed by atoms with Crippen LogP contribution < -0.4 is 5.32 Å². The highest BCUT2D eigenvalue weighted by molar-refractivity contribution is 7.99. The van der Waals surface area contributed by atoms with E-state index in [1.165, 1.54) is 0 Å². The first-order valence-electron chi connectivity index (χ1n) is 10.00. The molecule has 1 fully saturated rings. The van der Waals surface area contributed by atoms with Crippen LogP contribution in [0, 0.1) is 0 Å². The molecule has 0 spiro atoms. The lowest BCUT2D eigenvalue weighted by Crippen LogP contribution is -2.43. The van der Waals surface area contributed by atoms with Crippen LogP contribution in [0.3, 0.4) is 0 Å². The predicted octanol–water partition coefficient (Wildman–Crippen LogP) is 4.30. The van der Waals surface area contributed by atoms with E-state index in [2.05, 4.69) is 17.2 Å². The molecule has 1 aliphatic heterocycles. The Morgan fingerprint density at radius 1 is 1.20 bits per heavy atom. The summed E-state index contributed by atoms with van der Waals surface area (Å²) in [4.78, 5) is 31.9. The van der Waals surface area contributed by atoms with Crippen molar-refractivity contribution in [2.45, 2.75) is 30.8 Å². The number of carbonyl (C=O) groups excluding carboxylic acids is 2. The highest BCUT2D eigenvalue weighted by Crippen LogP contribution is 2.31. The monoisotopic (exact) mass is 421 g/mol. The summed E-state index contributed by atoms with van der Waals surface area (Å²) in [6.45, 7) is 2.54. The number of phenols is 1. The Morgan fingerprint density at radius 3 is 2.80 bits per heavy atom. The lowest BCUT2D eigenvalue weighted by molar-refractivity contribution is -0.119. The summed E-state index contributed by atoms with van der Waals surface area (Å²) in [6.07, 6.45) is 2.96. The molecular formula is C23H23N3O3S. The topological polar surface area (TPSA) is 82.5 Å². The van der Waals surface area contributed by atoms with Gasteiger partial charge in [-0.15, -0.1) is 11.8 Å². The summed E-state index contributed by atoms with van der Waals surface area (Å²) in [5.74, 6) is 0.319. The number of fused-ring (bicyclic) bond motifs is 1. The van der Waals surface area contributed by atoms with Gasteiger partial charge in [-0.25, -0.2) is 4.98 Å². The van der Waals surface area contributed by atoms with E-state index in [0.29, 0.717) is 24.0 Å². The quantitative estimate of drug-likeness (QED) is 0.601. The second-order valence-corrected chi connectivity index (χ2v) is 8.43. The number of hydrogen-bond acceptors (Lipinski definition) is 5. The molecule has 6 nitrogen and oxygen atoms in total. The number of benzene rings is 2. The lowest BCUT2D eigenvalue weighted by atomic mass is 10.0. The van der Waals surface area contributed by atoms with Gasteiger partial charge in [-0.05, 0) is 42.2 Å². The molecular weight excluding hydrogens is 398 g/mol. The van der Waals surface area contributed by atoms with Crippen molar-refractivity contribution < 1.29 is 14.7 Å². The zero-order valence-electron chi connectivity index (χ0n) is 16.7. The molecule has 1 saturated heterocycles. The highest BCUT2D eigenvalue weighted by Gasteiger charge is 2.35. The minimum absolute atomic E-state index is 0.0441. The summed E-state index contributed by atoms with van der Waals surface area (Å²) >= 11 is 1.63. The number of pyridine rings is 1. The van der Waals surface area contributed by atoms with Crippen LogP contribution >= 0.6 is 11.8 Å². The van der Waals surface area contributed by atoms with Gasteiger partial charge in [0.2, 0.25) is 5.91 Å². The van der Waals surface area contributed by atoms with Gasteiger partial charge >= 0.3 is 0 Å². The van der Waals surface area contributed by atoms with Gasteiger partial charge in [0.15, 0.2) is 0 Å². The van der Waals surface area contributed by atoms with Crippen molar-refractivity contribution in [2.24, 2.45) is 0 Å². The van der Waals surface area contributed by atoms with Gasteiger partial charge in [0.05, 0.1) is 22.5 Å². The zero-order chi connectivity index (χ0) is 21.1. The maximum Gasteiger partial charge on any atom is 0.258 e. The van der Waals surface area contributed by atoms with Crippen molar-refractivity contribution >= 4 is 40.0 Å². The van der Waals surface area contributed by atoms with Gasteiger partial charge in [0, 0.05) is 11.9 Å². The van der Waals surface area contributed by atoms with Gasteiger partial charge in [-0.3, -0.25) is 9.59 Å². The average Bonchev–Trinajstić information content (AvgIpc) is 3.25. The number of phenolic OH excluding ortho intramolecular Hbond substituents is 1. The van der Waals surface area contributed by atoms with E-state index in [1.54, 1.807) is 35.0 Å². The van der Waals surface area contributed by atoms with E-state index in [0.717, 1.165) is 22.6 Å². The van der Waals surface area contributed by atoms with Crippen LogP contribution in [0.25, 0.3) is 10.8 Å². The number of aromatic nitrogens is 1. The van der Waals surface area contributed by atoms with E-state index in [9.17, 15) is 14.7 Å². The Labute approximate surface area is 179 Å². The molecule has 4 rings (SSSR count). The minimum Gasteiger partial charge on any atom is -0.506 e. The molecule has 3 aromatic rings. The molecule has 0 aliphatic carbocycles. The Morgan fingerprint density at radius 2 is 2.03 bits per heavy atom.